The van der Waals surface area contributed by atoms with Gasteiger partial charge in [-0.25, -0.2) is 0 Å². The first-order valence-electron chi connectivity index (χ1n) is 6.02. The van der Waals surface area contributed by atoms with Crippen molar-refractivity contribution in [2.45, 2.75) is 31.1 Å². The first kappa shape index (κ1) is 15.4. The van der Waals surface area contributed by atoms with Gasteiger partial charge >= 0.3 is 0 Å². The summed E-state index contributed by atoms with van der Waals surface area (Å²) in [5, 5.41) is 12.9. The third-order valence-electron chi connectivity index (χ3n) is 2.98. The molecule has 1 aromatic rings. The van der Waals surface area contributed by atoms with Crippen molar-refractivity contribution in [1.82, 2.24) is 5.32 Å². The lowest BCUT2D eigenvalue weighted by Crippen LogP contribution is -2.37. The van der Waals surface area contributed by atoms with Crippen molar-refractivity contribution >= 4 is 23.4 Å². The van der Waals surface area contributed by atoms with Crippen LogP contribution in [0.3, 0.4) is 0 Å². The summed E-state index contributed by atoms with van der Waals surface area (Å²) in [5.74, 6) is 1.98. The molecule has 18 heavy (non-hydrogen) atoms. The average molecular weight is 283 g/mol. The molecule has 0 bridgehead atoms. The minimum absolute atomic E-state index is 0.398. The number of hydrogen-bond donors (Lipinski definition) is 1. The maximum Gasteiger partial charge on any atom is 0.103 e. The van der Waals surface area contributed by atoms with E-state index >= 15 is 0 Å². The zero-order valence-electron chi connectivity index (χ0n) is 10.9. The maximum atomic E-state index is 9.02. The zero-order chi connectivity index (χ0) is 13.4. The Hall–Kier alpha value is -0.690. The number of halogens is 1. The largest absolute Gasteiger partial charge is 0.303 e. The minimum Gasteiger partial charge on any atom is -0.303 e. The minimum atomic E-state index is -0.398. The van der Waals surface area contributed by atoms with E-state index in [1.165, 1.54) is 5.56 Å². The molecule has 0 saturated heterocycles. The second-order valence-electron chi connectivity index (χ2n) is 4.44. The van der Waals surface area contributed by atoms with E-state index in [1.54, 1.807) is 0 Å². The van der Waals surface area contributed by atoms with Crippen molar-refractivity contribution in [2.24, 2.45) is 0 Å². The van der Waals surface area contributed by atoms with Gasteiger partial charge in [0.2, 0.25) is 0 Å². The molecule has 1 rings (SSSR count). The highest BCUT2D eigenvalue weighted by molar-refractivity contribution is 7.98. The lowest BCUT2D eigenvalue weighted by Gasteiger charge is -2.20. The van der Waals surface area contributed by atoms with Crippen molar-refractivity contribution in [3.8, 4) is 6.07 Å². The van der Waals surface area contributed by atoms with Gasteiger partial charge in [-0.15, -0.1) is 0 Å². The second-order valence-corrected chi connectivity index (χ2v) is 5.95. The normalized spacial score (nSPS) is 13.9. The van der Waals surface area contributed by atoms with E-state index in [-0.39, 0.29) is 0 Å². The maximum absolute atomic E-state index is 9.02. The molecule has 0 saturated carbocycles. The smallest absolute Gasteiger partial charge is 0.103 e. The number of thioether (sulfide) groups is 1. The van der Waals surface area contributed by atoms with Crippen LogP contribution in [0.1, 0.15) is 25.3 Å². The molecule has 1 N–H and O–H groups in total. The quantitative estimate of drug-likeness (QED) is 0.772. The van der Waals surface area contributed by atoms with Crippen LogP contribution in [0.15, 0.2) is 24.3 Å². The van der Waals surface area contributed by atoms with Crippen LogP contribution in [0.4, 0.5) is 0 Å². The topological polar surface area (TPSA) is 35.8 Å². The van der Waals surface area contributed by atoms with Gasteiger partial charge in [0.1, 0.15) is 5.54 Å². The highest BCUT2D eigenvalue weighted by Gasteiger charge is 2.19. The molecule has 0 aliphatic heterocycles. The Balaban J connectivity index is 2.24. The van der Waals surface area contributed by atoms with E-state index in [1.807, 2.05) is 43.9 Å². The van der Waals surface area contributed by atoms with Crippen LogP contribution in [0.5, 0.6) is 0 Å². The van der Waals surface area contributed by atoms with Gasteiger partial charge in [-0.05, 0) is 44.2 Å². The fourth-order valence-electron chi connectivity index (χ4n) is 1.56. The summed E-state index contributed by atoms with van der Waals surface area (Å²) in [5.41, 5.74) is 0.783. The Morgan fingerprint density at radius 1 is 1.44 bits per heavy atom. The highest BCUT2D eigenvalue weighted by atomic mass is 35.5. The molecule has 0 spiro atoms. The van der Waals surface area contributed by atoms with Crippen molar-refractivity contribution in [1.29, 1.82) is 5.26 Å². The predicted molar refractivity (Wildman–Crippen MR) is 79.9 cm³/mol. The number of nitriles is 1. The number of hydrogen-bond acceptors (Lipinski definition) is 3. The molecule has 1 atom stereocenters. The van der Waals surface area contributed by atoms with Crippen molar-refractivity contribution in [3.05, 3.63) is 34.9 Å². The molecule has 0 radical (unpaired) electrons. The van der Waals surface area contributed by atoms with E-state index in [4.69, 9.17) is 16.9 Å². The SMILES string of the molecule is CNC(C)(C#N)CCCSCc1ccccc1Cl. The lowest BCUT2D eigenvalue weighted by atomic mass is 9.99. The van der Waals surface area contributed by atoms with Gasteiger partial charge in [0.15, 0.2) is 0 Å². The Kier molecular flexibility index (Phi) is 6.56. The molecule has 98 valence electrons. The molecule has 0 heterocycles. The first-order valence-corrected chi connectivity index (χ1v) is 7.56. The summed E-state index contributed by atoms with van der Waals surface area (Å²) in [6, 6.07) is 10.2. The predicted octanol–water partition coefficient (Wildman–Crippen LogP) is 3.86. The summed E-state index contributed by atoms with van der Waals surface area (Å²) in [6.07, 6.45) is 1.90. The molecular weight excluding hydrogens is 264 g/mol. The van der Waals surface area contributed by atoms with Crippen molar-refractivity contribution in [3.63, 3.8) is 0 Å². The average Bonchev–Trinajstić information content (AvgIpc) is 2.40. The number of nitrogens with one attached hydrogen (secondary N) is 1. The zero-order valence-corrected chi connectivity index (χ0v) is 12.4. The van der Waals surface area contributed by atoms with Crippen LogP contribution in [0, 0.1) is 11.3 Å². The summed E-state index contributed by atoms with van der Waals surface area (Å²) in [7, 11) is 1.83. The van der Waals surface area contributed by atoms with Crippen LogP contribution in [0.2, 0.25) is 5.02 Å². The van der Waals surface area contributed by atoms with Crippen LogP contribution < -0.4 is 5.32 Å². The van der Waals surface area contributed by atoms with E-state index < -0.39 is 5.54 Å². The van der Waals surface area contributed by atoms with E-state index in [9.17, 15) is 0 Å². The van der Waals surface area contributed by atoms with Crippen LogP contribution in [-0.2, 0) is 5.75 Å². The Labute approximate surface area is 119 Å². The van der Waals surface area contributed by atoms with Gasteiger partial charge in [-0.3, -0.25) is 0 Å². The number of rotatable bonds is 7. The van der Waals surface area contributed by atoms with Crippen LogP contribution >= 0.6 is 23.4 Å². The van der Waals surface area contributed by atoms with Gasteiger partial charge in [0.05, 0.1) is 6.07 Å². The molecule has 0 fully saturated rings. The fourth-order valence-corrected chi connectivity index (χ4v) is 2.81. The molecule has 2 nitrogen and oxygen atoms in total. The molecular formula is C14H19ClN2S. The van der Waals surface area contributed by atoms with Gasteiger partial charge in [-0.1, -0.05) is 29.8 Å². The fraction of sp³-hybridized carbons (Fsp3) is 0.500. The summed E-state index contributed by atoms with van der Waals surface area (Å²) >= 11 is 7.95. The number of nitrogens with zero attached hydrogens (tertiary/aromatic N) is 1. The summed E-state index contributed by atoms with van der Waals surface area (Å²) < 4.78 is 0. The molecule has 0 aromatic heterocycles. The Bertz CT molecular complexity index is 417. The molecule has 1 unspecified atom stereocenters. The Morgan fingerprint density at radius 3 is 2.78 bits per heavy atom. The third-order valence-corrected chi connectivity index (χ3v) is 4.44. The van der Waals surface area contributed by atoms with Gasteiger partial charge in [0.25, 0.3) is 0 Å². The Morgan fingerprint density at radius 2 is 2.17 bits per heavy atom. The van der Waals surface area contributed by atoms with Crippen LogP contribution in [-0.4, -0.2) is 18.3 Å². The molecule has 0 aliphatic carbocycles. The van der Waals surface area contributed by atoms with Crippen molar-refractivity contribution < 1.29 is 0 Å². The standard InChI is InChI=1S/C14H19ClN2S/c1-14(11-16,17-2)8-5-9-18-10-12-6-3-4-7-13(12)15/h3-4,6-7,17H,5,8-10H2,1-2H3. The van der Waals surface area contributed by atoms with E-state index in [2.05, 4.69) is 17.5 Å². The first-order chi connectivity index (χ1) is 8.61. The summed E-state index contributed by atoms with van der Waals surface area (Å²) in [4.78, 5) is 0. The molecule has 4 heteroatoms. The van der Waals surface area contributed by atoms with Gasteiger partial charge in [0, 0.05) is 10.8 Å². The summed E-state index contributed by atoms with van der Waals surface area (Å²) in [6.45, 7) is 1.94. The molecule has 1 aromatic carbocycles. The molecule has 0 aliphatic rings. The van der Waals surface area contributed by atoms with Gasteiger partial charge < -0.3 is 5.32 Å². The lowest BCUT2D eigenvalue weighted by molar-refractivity contribution is 0.451. The van der Waals surface area contributed by atoms with E-state index in [0.29, 0.717) is 0 Å². The molecule has 0 amide bonds. The van der Waals surface area contributed by atoms with E-state index in [0.717, 1.165) is 29.4 Å². The van der Waals surface area contributed by atoms with Crippen LogP contribution in [0.25, 0.3) is 0 Å². The monoisotopic (exact) mass is 282 g/mol. The third kappa shape index (κ3) is 4.89. The second kappa shape index (κ2) is 7.68. The van der Waals surface area contributed by atoms with Gasteiger partial charge in [-0.2, -0.15) is 17.0 Å². The highest BCUT2D eigenvalue weighted by Crippen LogP contribution is 2.22. The van der Waals surface area contributed by atoms with Crippen molar-refractivity contribution in [2.75, 3.05) is 12.8 Å². The number of benzene rings is 1.